The second-order valence-corrected chi connectivity index (χ2v) is 3.88. The molecule has 0 saturated heterocycles. The molecule has 0 atom stereocenters. The Balaban J connectivity index is 2.58. The fraction of sp³-hybridized carbons (Fsp3) is 0. The minimum Gasteiger partial charge on any atom is -0.347 e. The molecule has 15 heavy (non-hydrogen) atoms. The maximum atomic E-state index is 12.9. The Morgan fingerprint density at radius 2 is 1.80 bits per heavy atom. The van der Waals surface area contributed by atoms with Gasteiger partial charge in [-0.25, -0.2) is 8.78 Å². The highest BCUT2D eigenvalue weighted by Crippen LogP contribution is 2.33. The van der Waals surface area contributed by atoms with E-state index in [0.29, 0.717) is 0 Å². The van der Waals surface area contributed by atoms with Crippen LogP contribution in [-0.2, 0) is 0 Å². The Kier molecular flexibility index (Phi) is 2.75. The van der Waals surface area contributed by atoms with Gasteiger partial charge in [0.15, 0.2) is 0 Å². The van der Waals surface area contributed by atoms with Crippen LogP contribution in [0.4, 0.5) is 8.78 Å². The molecule has 1 aromatic carbocycles. The summed E-state index contributed by atoms with van der Waals surface area (Å²) in [6, 6.07) is 3.02. The fourth-order valence-corrected chi connectivity index (χ4v) is 1.57. The van der Waals surface area contributed by atoms with E-state index >= 15 is 0 Å². The standard InChI is InChI=1S/C9H3BrClF2NO/c10-9-7(11)8(14-15-9)4-1-5(12)3-6(13)2-4/h1-3H. The Labute approximate surface area is 97.0 Å². The van der Waals surface area contributed by atoms with Gasteiger partial charge >= 0.3 is 0 Å². The van der Waals surface area contributed by atoms with Crippen LogP contribution in [0.25, 0.3) is 11.3 Å². The molecule has 0 radical (unpaired) electrons. The number of hydrogen-bond donors (Lipinski definition) is 0. The van der Waals surface area contributed by atoms with Gasteiger partial charge in [0.05, 0.1) is 0 Å². The van der Waals surface area contributed by atoms with Gasteiger partial charge in [0.1, 0.15) is 22.4 Å². The first-order valence-electron chi connectivity index (χ1n) is 3.85. The molecule has 6 heteroatoms. The van der Waals surface area contributed by atoms with Crippen molar-refractivity contribution in [1.82, 2.24) is 5.16 Å². The quantitative estimate of drug-likeness (QED) is 0.793. The van der Waals surface area contributed by atoms with Crippen molar-refractivity contribution in [1.29, 1.82) is 0 Å². The average Bonchev–Trinajstić information content (AvgIpc) is 2.46. The molecule has 0 aliphatic carbocycles. The molecule has 78 valence electrons. The lowest BCUT2D eigenvalue weighted by molar-refractivity contribution is 0.402. The first-order valence-corrected chi connectivity index (χ1v) is 5.02. The smallest absolute Gasteiger partial charge is 0.221 e. The van der Waals surface area contributed by atoms with Crippen LogP contribution < -0.4 is 0 Å². The third kappa shape index (κ3) is 2.03. The largest absolute Gasteiger partial charge is 0.347 e. The highest BCUT2D eigenvalue weighted by molar-refractivity contribution is 9.10. The van der Waals surface area contributed by atoms with Crippen LogP contribution in [-0.4, -0.2) is 5.16 Å². The second-order valence-electron chi connectivity index (χ2n) is 2.78. The number of rotatable bonds is 1. The molecule has 1 aromatic heterocycles. The predicted octanol–water partition coefficient (Wildman–Crippen LogP) is 4.04. The number of nitrogens with zero attached hydrogens (tertiary/aromatic N) is 1. The number of benzene rings is 1. The summed E-state index contributed by atoms with van der Waals surface area (Å²) < 4.78 is 30.7. The third-order valence-electron chi connectivity index (χ3n) is 1.73. The lowest BCUT2D eigenvalue weighted by atomic mass is 10.1. The lowest BCUT2D eigenvalue weighted by Crippen LogP contribution is -1.84. The molecular formula is C9H3BrClF2NO. The molecule has 0 fully saturated rings. The van der Waals surface area contributed by atoms with Crippen molar-refractivity contribution in [3.63, 3.8) is 0 Å². The van der Waals surface area contributed by atoms with E-state index in [9.17, 15) is 8.78 Å². The minimum atomic E-state index is -0.694. The molecule has 0 aliphatic heterocycles. The highest BCUT2D eigenvalue weighted by atomic mass is 79.9. The van der Waals surface area contributed by atoms with Gasteiger partial charge in [0.2, 0.25) is 4.67 Å². The van der Waals surface area contributed by atoms with Crippen molar-refractivity contribution in [2.24, 2.45) is 0 Å². The molecule has 2 nitrogen and oxygen atoms in total. The summed E-state index contributed by atoms with van der Waals surface area (Å²) in [6.07, 6.45) is 0. The zero-order valence-corrected chi connectivity index (χ0v) is 9.44. The van der Waals surface area contributed by atoms with E-state index < -0.39 is 11.6 Å². The molecule has 2 rings (SSSR count). The first kappa shape index (κ1) is 10.6. The van der Waals surface area contributed by atoms with Crippen LogP contribution in [0.15, 0.2) is 27.4 Å². The van der Waals surface area contributed by atoms with Gasteiger partial charge in [-0.3, -0.25) is 0 Å². The van der Waals surface area contributed by atoms with Crippen LogP contribution in [0, 0.1) is 11.6 Å². The number of hydrogen-bond acceptors (Lipinski definition) is 2. The molecule has 0 spiro atoms. The summed E-state index contributed by atoms with van der Waals surface area (Å²) in [6.45, 7) is 0. The van der Waals surface area contributed by atoms with E-state index in [1.807, 2.05) is 0 Å². The van der Waals surface area contributed by atoms with Crippen LogP contribution in [0.2, 0.25) is 5.02 Å². The van der Waals surface area contributed by atoms with Crippen molar-refractivity contribution in [3.8, 4) is 11.3 Å². The van der Waals surface area contributed by atoms with Crippen molar-refractivity contribution in [3.05, 3.63) is 39.5 Å². The topological polar surface area (TPSA) is 26.0 Å². The summed E-state index contributed by atoms with van der Waals surface area (Å²) in [4.78, 5) is 0. The monoisotopic (exact) mass is 293 g/mol. The summed E-state index contributed by atoms with van der Waals surface area (Å²) >= 11 is 8.80. The first-order chi connectivity index (χ1) is 7.08. The Bertz CT molecular complexity index is 495. The van der Waals surface area contributed by atoms with E-state index in [2.05, 4.69) is 21.1 Å². The molecule has 2 aromatic rings. The highest BCUT2D eigenvalue weighted by Gasteiger charge is 2.15. The molecular weight excluding hydrogens is 291 g/mol. The predicted molar refractivity (Wildman–Crippen MR) is 54.6 cm³/mol. The van der Waals surface area contributed by atoms with Gasteiger partial charge in [-0.2, -0.15) is 0 Å². The van der Waals surface area contributed by atoms with E-state index in [4.69, 9.17) is 16.1 Å². The maximum absolute atomic E-state index is 12.9. The molecule has 0 aliphatic rings. The normalized spacial score (nSPS) is 10.7. The molecule has 0 amide bonds. The van der Waals surface area contributed by atoms with Gasteiger partial charge in [0.25, 0.3) is 0 Å². The van der Waals surface area contributed by atoms with Gasteiger partial charge in [-0.1, -0.05) is 16.8 Å². The molecule has 0 N–H and O–H groups in total. The fourth-order valence-electron chi connectivity index (χ4n) is 1.13. The van der Waals surface area contributed by atoms with Crippen molar-refractivity contribution >= 4 is 27.5 Å². The summed E-state index contributed by atoms with van der Waals surface area (Å²) in [5, 5.41) is 3.76. The Hall–Kier alpha value is -0.940. The zero-order valence-electron chi connectivity index (χ0n) is 7.10. The summed E-state index contributed by atoms with van der Waals surface area (Å²) in [5.74, 6) is -1.39. The zero-order chi connectivity index (χ0) is 11.0. The summed E-state index contributed by atoms with van der Waals surface area (Å²) in [5.41, 5.74) is 0.425. The summed E-state index contributed by atoms with van der Waals surface area (Å²) in [7, 11) is 0. The van der Waals surface area contributed by atoms with E-state index in [1.165, 1.54) is 0 Å². The molecule has 1 heterocycles. The molecule has 0 saturated carbocycles. The van der Waals surface area contributed by atoms with Gasteiger partial charge in [-0.15, -0.1) is 0 Å². The van der Waals surface area contributed by atoms with Gasteiger partial charge in [-0.05, 0) is 28.1 Å². The third-order valence-corrected chi connectivity index (χ3v) is 2.85. The van der Waals surface area contributed by atoms with Crippen molar-refractivity contribution in [2.75, 3.05) is 0 Å². The van der Waals surface area contributed by atoms with Crippen LogP contribution in [0.5, 0.6) is 0 Å². The Morgan fingerprint density at radius 3 is 2.27 bits per heavy atom. The second kappa shape index (κ2) is 3.90. The average molecular weight is 294 g/mol. The van der Waals surface area contributed by atoms with Gasteiger partial charge in [0, 0.05) is 11.6 Å². The van der Waals surface area contributed by atoms with Gasteiger partial charge < -0.3 is 4.52 Å². The molecule has 0 unspecified atom stereocenters. The maximum Gasteiger partial charge on any atom is 0.221 e. The van der Waals surface area contributed by atoms with Crippen LogP contribution in [0.3, 0.4) is 0 Å². The van der Waals surface area contributed by atoms with Crippen LogP contribution in [0.1, 0.15) is 0 Å². The van der Waals surface area contributed by atoms with E-state index in [-0.39, 0.29) is 20.9 Å². The van der Waals surface area contributed by atoms with Crippen molar-refractivity contribution in [2.45, 2.75) is 0 Å². The number of aromatic nitrogens is 1. The van der Waals surface area contributed by atoms with E-state index in [0.717, 1.165) is 18.2 Å². The SMILES string of the molecule is Fc1cc(F)cc(-c2noc(Br)c2Cl)c1. The number of halogens is 4. The van der Waals surface area contributed by atoms with Crippen LogP contribution >= 0.6 is 27.5 Å². The lowest BCUT2D eigenvalue weighted by Gasteiger charge is -1.97. The Morgan fingerprint density at radius 1 is 1.20 bits per heavy atom. The molecule has 0 bridgehead atoms. The minimum absolute atomic E-state index is 0.181. The van der Waals surface area contributed by atoms with Crippen molar-refractivity contribution < 1.29 is 13.3 Å². The van der Waals surface area contributed by atoms with E-state index in [1.54, 1.807) is 0 Å².